The van der Waals surface area contributed by atoms with Crippen LogP contribution in [0.3, 0.4) is 0 Å². The molecule has 0 radical (unpaired) electrons. The molecule has 1 aromatic rings. The van der Waals surface area contributed by atoms with Crippen molar-refractivity contribution in [1.29, 1.82) is 0 Å². The fourth-order valence-electron chi connectivity index (χ4n) is 2.48. The Bertz CT molecular complexity index is 406. The molecule has 112 valence electrons. The minimum atomic E-state index is -0.354. The maximum absolute atomic E-state index is 12.2. The number of amides is 1. The number of rotatable bonds is 6. The molecule has 1 aliphatic heterocycles. The van der Waals surface area contributed by atoms with Crippen molar-refractivity contribution in [2.24, 2.45) is 0 Å². The summed E-state index contributed by atoms with van der Waals surface area (Å²) in [5.74, 6) is 0.935. The Morgan fingerprint density at radius 3 is 2.75 bits per heavy atom. The highest BCUT2D eigenvalue weighted by atomic mass is 35.5. The monoisotopic (exact) mass is 298 g/mol. The van der Waals surface area contributed by atoms with Gasteiger partial charge in [0.15, 0.2) is 0 Å². The summed E-state index contributed by atoms with van der Waals surface area (Å²) in [5.41, 5.74) is -0.354. The lowest BCUT2D eigenvalue weighted by molar-refractivity contribution is -0.127. The minimum Gasteiger partial charge on any atom is -0.492 e. The van der Waals surface area contributed by atoms with Crippen molar-refractivity contribution in [2.45, 2.75) is 31.7 Å². The van der Waals surface area contributed by atoms with Gasteiger partial charge < -0.3 is 15.4 Å². The highest BCUT2D eigenvalue weighted by Crippen LogP contribution is 2.22. The summed E-state index contributed by atoms with van der Waals surface area (Å²) in [6, 6.07) is 9.64. The van der Waals surface area contributed by atoms with Gasteiger partial charge >= 0.3 is 0 Å². The number of hydrogen-bond donors (Lipinski definition) is 2. The molecule has 20 heavy (non-hydrogen) atoms. The number of nitrogens with one attached hydrogen (secondary N) is 2. The molecule has 2 N–H and O–H groups in total. The highest BCUT2D eigenvalue weighted by molar-refractivity contribution is 5.86. The second kappa shape index (κ2) is 8.12. The van der Waals surface area contributed by atoms with E-state index in [1.54, 1.807) is 0 Å². The van der Waals surface area contributed by atoms with Crippen molar-refractivity contribution in [3.63, 3.8) is 0 Å². The van der Waals surface area contributed by atoms with Crippen molar-refractivity contribution in [3.05, 3.63) is 30.3 Å². The standard InChI is InChI=1S/C15H22N2O2.ClH/c1-2-15(9-6-10-17-15)14(18)16-11-12-19-13-7-4-3-5-8-13;/h3-5,7-8,17H,2,6,9-12H2,1H3,(H,16,18);1H. The first kappa shape index (κ1) is 16.8. The van der Waals surface area contributed by atoms with Gasteiger partial charge in [-0.15, -0.1) is 12.4 Å². The van der Waals surface area contributed by atoms with Crippen LogP contribution in [-0.4, -0.2) is 31.1 Å². The van der Waals surface area contributed by atoms with E-state index >= 15 is 0 Å². The topological polar surface area (TPSA) is 50.4 Å². The first-order chi connectivity index (χ1) is 9.27. The van der Waals surface area contributed by atoms with Crippen LogP contribution in [-0.2, 0) is 4.79 Å². The Morgan fingerprint density at radius 2 is 2.15 bits per heavy atom. The van der Waals surface area contributed by atoms with Crippen molar-refractivity contribution in [2.75, 3.05) is 19.7 Å². The second-order valence-corrected chi connectivity index (χ2v) is 4.88. The lowest BCUT2D eigenvalue weighted by Crippen LogP contribution is -2.53. The fraction of sp³-hybridized carbons (Fsp3) is 0.533. The third-order valence-corrected chi connectivity index (χ3v) is 3.68. The van der Waals surface area contributed by atoms with Crippen molar-refractivity contribution < 1.29 is 9.53 Å². The van der Waals surface area contributed by atoms with Crippen LogP contribution in [0.15, 0.2) is 30.3 Å². The average Bonchev–Trinajstić information content (AvgIpc) is 2.94. The third-order valence-electron chi connectivity index (χ3n) is 3.68. The van der Waals surface area contributed by atoms with E-state index in [1.165, 1.54) is 0 Å². The summed E-state index contributed by atoms with van der Waals surface area (Å²) in [4.78, 5) is 12.2. The molecule has 2 rings (SSSR count). The van der Waals surface area contributed by atoms with Gasteiger partial charge in [-0.2, -0.15) is 0 Å². The summed E-state index contributed by atoms with van der Waals surface area (Å²) in [7, 11) is 0. The number of halogens is 1. The van der Waals surface area contributed by atoms with Crippen LogP contribution in [0.25, 0.3) is 0 Å². The van der Waals surface area contributed by atoms with E-state index in [4.69, 9.17) is 4.74 Å². The fourth-order valence-corrected chi connectivity index (χ4v) is 2.48. The zero-order valence-electron chi connectivity index (χ0n) is 11.9. The number of ether oxygens (including phenoxy) is 1. The van der Waals surface area contributed by atoms with Crippen LogP contribution in [0.5, 0.6) is 5.75 Å². The van der Waals surface area contributed by atoms with Crippen molar-refractivity contribution >= 4 is 18.3 Å². The first-order valence-corrected chi connectivity index (χ1v) is 6.98. The van der Waals surface area contributed by atoms with Crippen molar-refractivity contribution in [1.82, 2.24) is 10.6 Å². The zero-order chi connectivity index (χ0) is 13.6. The van der Waals surface area contributed by atoms with Crippen LogP contribution >= 0.6 is 12.4 Å². The summed E-state index contributed by atoms with van der Waals surface area (Å²) >= 11 is 0. The van der Waals surface area contributed by atoms with Gasteiger partial charge in [0.05, 0.1) is 12.1 Å². The van der Waals surface area contributed by atoms with Gasteiger partial charge in [-0.1, -0.05) is 25.1 Å². The normalized spacial score (nSPS) is 21.1. The molecule has 1 atom stereocenters. The molecule has 1 aromatic carbocycles. The molecule has 1 heterocycles. The quantitative estimate of drug-likeness (QED) is 0.791. The third kappa shape index (κ3) is 4.12. The van der Waals surface area contributed by atoms with Gasteiger partial charge in [0.2, 0.25) is 5.91 Å². The SMILES string of the molecule is CCC1(C(=O)NCCOc2ccccc2)CCCN1.Cl. The van der Waals surface area contributed by atoms with Gasteiger partial charge in [-0.05, 0) is 37.9 Å². The summed E-state index contributed by atoms with van der Waals surface area (Å²) in [6.07, 6.45) is 2.83. The number of para-hydroxylation sites is 1. The number of benzene rings is 1. The molecule has 1 unspecified atom stereocenters. The Balaban J connectivity index is 0.00000200. The van der Waals surface area contributed by atoms with Crippen LogP contribution in [0, 0.1) is 0 Å². The molecular weight excluding hydrogens is 276 g/mol. The molecular formula is C15H23ClN2O2. The van der Waals surface area contributed by atoms with E-state index in [2.05, 4.69) is 17.6 Å². The predicted octanol–water partition coefficient (Wildman–Crippen LogP) is 2.14. The number of hydrogen-bond acceptors (Lipinski definition) is 3. The van der Waals surface area contributed by atoms with E-state index in [1.807, 2.05) is 30.3 Å². The molecule has 4 nitrogen and oxygen atoms in total. The molecule has 0 aliphatic carbocycles. The first-order valence-electron chi connectivity index (χ1n) is 6.98. The molecule has 0 spiro atoms. The lowest BCUT2D eigenvalue weighted by Gasteiger charge is -2.26. The van der Waals surface area contributed by atoms with Gasteiger partial charge in [-0.3, -0.25) is 4.79 Å². The maximum atomic E-state index is 12.2. The van der Waals surface area contributed by atoms with Crippen LogP contribution in [0.2, 0.25) is 0 Å². The largest absolute Gasteiger partial charge is 0.492 e. The second-order valence-electron chi connectivity index (χ2n) is 4.88. The molecule has 1 amide bonds. The average molecular weight is 299 g/mol. The number of carbonyl (C=O) groups is 1. The molecule has 0 saturated carbocycles. The van der Waals surface area contributed by atoms with Crippen LogP contribution in [0.1, 0.15) is 26.2 Å². The van der Waals surface area contributed by atoms with Gasteiger partial charge in [-0.25, -0.2) is 0 Å². The van der Waals surface area contributed by atoms with Crippen LogP contribution < -0.4 is 15.4 Å². The smallest absolute Gasteiger partial charge is 0.240 e. The molecule has 1 aliphatic rings. The molecule has 0 aromatic heterocycles. The van der Waals surface area contributed by atoms with E-state index < -0.39 is 0 Å². The molecule has 1 fully saturated rings. The van der Waals surface area contributed by atoms with Gasteiger partial charge in [0.1, 0.15) is 12.4 Å². The summed E-state index contributed by atoms with van der Waals surface area (Å²) in [5, 5.41) is 6.29. The van der Waals surface area contributed by atoms with E-state index in [9.17, 15) is 4.79 Å². The van der Waals surface area contributed by atoms with Crippen molar-refractivity contribution in [3.8, 4) is 5.75 Å². The van der Waals surface area contributed by atoms with Gasteiger partial charge in [0, 0.05) is 0 Å². The molecule has 1 saturated heterocycles. The Morgan fingerprint density at radius 1 is 1.40 bits per heavy atom. The predicted molar refractivity (Wildman–Crippen MR) is 82.5 cm³/mol. The Hall–Kier alpha value is -1.26. The lowest BCUT2D eigenvalue weighted by atomic mass is 9.93. The highest BCUT2D eigenvalue weighted by Gasteiger charge is 2.38. The summed E-state index contributed by atoms with van der Waals surface area (Å²) < 4.78 is 5.55. The maximum Gasteiger partial charge on any atom is 0.240 e. The van der Waals surface area contributed by atoms with Gasteiger partial charge in [0.25, 0.3) is 0 Å². The minimum absolute atomic E-state index is 0. The van der Waals surface area contributed by atoms with E-state index in [0.717, 1.165) is 31.6 Å². The Kier molecular flexibility index (Phi) is 6.82. The van der Waals surface area contributed by atoms with E-state index in [-0.39, 0.29) is 23.9 Å². The molecule has 5 heteroatoms. The van der Waals surface area contributed by atoms with E-state index in [0.29, 0.717) is 13.2 Å². The van der Waals surface area contributed by atoms with Crippen LogP contribution in [0.4, 0.5) is 0 Å². The zero-order valence-corrected chi connectivity index (χ0v) is 12.7. The number of carbonyl (C=O) groups excluding carboxylic acids is 1. The summed E-state index contributed by atoms with van der Waals surface area (Å²) in [6.45, 7) is 4.02. The Labute approximate surface area is 126 Å². The molecule has 0 bridgehead atoms.